The first-order chi connectivity index (χ1) is 8.99. The van der Waals surface area contributed by atoms with Crippen molar-refractivity contribution < 1.29 is 5.11 Å². The molecular formula is C14H18N4O. The van der Waals surface area contributed by atoms with E-state index in [1.807, 2.05) is 36.2 Å². The van der Waals surface area contributed by atoms with Crippen molar-refractivity contribution in [2.45, 2.75) is 13.0 Å². The predicted molar refractivity (Wildman–Crippen MR) is 77.7 cm³/mol. The molecule has 0 bridgehead atoms. The van der Waals surface area contributed by atoms with E-state index in [2.05, 4.69) is 4.98 Å². The fourth-order valence-corrected chi connectivity index (χ4v) is 2.07. The van der Waals surface area contributed by atoms with Gasteiger partial charge in [-0.15, -0.1) is 0 Å². The second-order valence-electron chi connectivity index (χ2n) is 4.69. The van der Waals surface area contributed by atoms with Gasteiger partial charge in [-0.2, -0.15) is 0 Å². The fourth-order valence-electron chi connectivity index (χ4n) is 2.07. The smallest absolute Gasteiger partial charge is 0.129 e. The van der Waals surface area contributed by atoms with Crippen LogP contribution in [0.15, 0.2) is 30.3 Å². The topological polar surface area (TPSA) is 86.2 Å². The zero-order chi connectivity index (χ0) is 14.0. The Hall–Kier alpha value is -2.14. The fraction of sp³-hybridized carbons (Fsp3) is 0.286. The predicted octanol–water partition coefficient (Wildman–Crippen LogP) is 1.34. The van der Waals surface area contributed by atoms with E-state index in [1.54, 1.807) is 13.0 Å². The lowest BCUT2D eigenvalue weighted by atomic mass is 10.1. The quantitative estimate of drug-likeness (QED) is 0.570. The average molecular weight is 258 g/mol. The summed E-state index contributed by atoms with van der Waals surface area (Å²) in [6, 6.07) is 9.37. The molecule has 100 valence electrons. The molecule has 1 atom stereocenters. The lowest BCUT2D eigenvalue weighted by molar-refractivity contribution is 0.201. The normalized spacial score (nSPS) is 12.4. The van der Waals surface area contributed by atoms with E-state index < -0.39 is 6.10 Å². The van der Waals surface area contributed by atoms with Crippen LogP contribution in [0.3, 0.4) is 0 Å². The van der Waals surface area contributed by atoms with Crippen molar-refractivity contribution in [2.24, 2.45) is 5.73 Å². The number of fused-ring (bicyclic) bond motifs is 1. The first-order valence-corrected chi connectivity index (χ1v) is 6.12. The maximum Gasteiger partial charge on any atom is 0.129 e. The molecule has 2 aromatic rings. The Bertz CT molecular complexity index is 609. The van der Waals surface area contributed by atoms with E-state index in [1.165, 1.54) is 0 Å². The minimum absolute atomic E-state index is 0.0188. The van der Waals surface area contributed by atoms with E-state index in [4.69, 9.17) is 11.1 Å². The van der Waals surface area contributed by atoms with Gasteiger partial charge in [-0.25, -0.2) is 4.98 Å². The van der Waals surface area contributed by atoms with Crippen molar-refractivity contribution >= 4 is 22.6 Å². The number of anilines is 1. The molecule has 1 unspecified atom stereocenters. The van der Waals surface area contributed by atoms with Gasteiger partial charge in [-0.1, -0.05) is 18.2 Å². The van der Waals surface area contributed by atoms with Crippen molar-refractivity contribution in [3.05, 3.63) is 35.9 Å². The maximum atomic E-state index is 9.44. The Balaban J connectivity index is 2.55. The van der Waals surface area contributed by atoms with Crippen LogP contribution in [-0.4, -0.2) is 35.6 Å². The van der Waals surface area contributed by atoms with Gasteiger partial charge in [-0.3, -0.25) is 5.41 Å². The van der Waals surface area contributed by atoms with Crippen LogP contribution < -0.4 is 10.6 Å². The number of hydrogen-bond acceptors (Lipinski definition) is 4. The maximum absolute atomic E-state index is 9.44. The molecule has 1 aromatic heterocycles. The summed E-state index contributed by atoms with van der Waals surface area (Å²) in [4.78, 5) is 6.38. The van der Waals surface area contributed by atoms with Crippen LogP contribution in [0.25, 0.3) is 10.9 Å². The molecular weight excluding hydrogens is 240 g/mol. The second kappa shape index (κ2) is 5.24. The molecule has 0 saturated heterocycles. The van der Waals surface area contributed by atoms with Crippen molar-refractivity contribution in [3.8, 4) is 0 Å². The van der Waals surface area contributed by atoms with E-state index in [0.29, 0.717) is 17.9 Å². The number of nitrogens with zero attached hydrogens (tertiary/aromatic N) is 2. The summed E-state index contributed by atoms with van der Waals surface area (Å²) in [5.41, 5.74) is 7.10. The Kier molecular flexibility index (Phi) is 3.66. The Morgan fingerprint density at radius 2 is 2.16 bits per heavy atom. The highest BCUT2D eigenvalue weighted by atomic mass is 16.3. The number of likely N-dealkylation sites (N-methyl/N-ethyl adjacent to an activating group) is 1. The number of hydrogen-bond donors (Lipinski definition) is 3. The Morgan fingerprint density at radius 1 is 1.47 bits per heavy atom. The monoisotopic (exact) mass is 258 g/mol. The Labute approximate surface area is 112 Å². The summed E-state index contributed by atoms with van der Waals surface area (Å²) >= 11 is 0. The van der Waals surface area contributed by atoms with Crippen molar-refractivity contribution in [2.75, 3.05) is 18.5 Å². The third-order valence-corrected chi connectivity index (χ3v) is 2.92. The van der Waals surface area contributed by atoms with Crippen LogP contribution in [0.5, 0.6) is 0 Å². The summed E-state index contributed by atoms with van der Waals surface area (Å²) in [7, 11) is 1.85. The highest BCUT2D eigenvalue weighted by molar-refractivity contribution is 6.07. The molecule has 0 aliphatic rings. The van der Waals surface area contributed by atoms with E-state index >= 15 is 0 Å². The van der Waals surface area contributed by atoms with Crippen molar-refractivity contribution in [1.29, 1.82) is 5.41 Å². The Morgan fingerprint density at radius 3 is 2.79 bits per heavy atom. The molecule has 0 radical (unpaired) electrons. The summed E-state index contributed by atoms with van der Waals surface area (Å²) in [5, 5.41) is 18.0. The molecule has 0 fully saturated rings. The van der Waals surface area contributed by atoms with Crippen LogP contribution >= 0.6 is 0 Å². The standard InChI is InChI=1S/C14H18N4O/c1-9(19)8-18(2)13-7-11(14(15)16)10-5-3-4-6-12(10)17-13/h3-7,9,19H,8H2,1-2H3,(H3,15,16). The summed E-state index contributed by atoms with van der Waals surface area (Å²) < 4.78 is 0. The van der Waals surface area contributed by atoms with Gasteiger partial charge in [0.1, 0.15) is 11.7 Å². The van der Waals surface area contributed by atoms with Crippen LogP contribution in [0.1, 0.15) is 12.5 Å². The summed E-state index contributed by atoms with van der Waals surface area (Å²) in [5.74, 6) is 0.718. The third kappa shape index (κ3) is 2.82. The molecule has 19 heavy (non-hydrogen) atoms. The number of aliphatic hydroxyl groups excluding tert-OH is 1. The van der Waals surface area contributed by atoms with Crippen molar-refractivity contribution in [3.63, 3.8) is 0 Å². The number of para-hydroxylation sites is 1. The molecule has 4 N–H and O–H groups in total. The molecule has 0 amide bonds. The van der Waals surface area contributed by atoms with Crippen molar-refractivity contribution in [1.82, 2.24) is 4.98 Å². The largest absolute Gasteiger partial charge is 0.392 e. The number of aliphatic hydroxyl groups is 1. The average Bonchev–Trinajstić information content (AvgIpc) is 2.36. The van der Waals surface area contributed by atoms with Crippen LogP contribution in [0, 0.1) is 5.41 Å². The van der Waals surface area contributed by atoms with Gasteiger partial charge in [-0.05, 0) is 19.1 Å². The molecule has 0 saturated carbocycles. The highest BCUT2D eigenvalue weighted by Crippen LogP contribution is 2.22. The van der Waals surface area contributed by atoms with Crippen LogP contribution in [-0.2, 0) is 0 Å². The number of nitrogens with two attached hydrogens (primary N) is 1. The van der Waals surface area contributed by atoms with Gasteiger partial charge >= 0.3 is 0 Å². The minimum Gasteiger partial charge on any atom is -0.392 e. The number of aromatic nitrogens is 1. The number of pyridine rings is 1. The zero-order valence-electron chi connectivity index (χ0n) is 11.1. The number of amidine groups is 1. The minimum atomic E-state index is -0.445. The second-order valence-corrected chi connectivity index (χ2v) is 4.69. The SMILES string of the molecule is CC(O)CN(C)c1cc(C(=N)N)c2ccccc2n1. The van der Waals surface area contributed by atoms with E-state index in [9.17, 15) is 5.11 Å². The number of nitrogen functional groups attached to an aromatic ring is 1. The van der Waals surface area contributed by atoms with Crippen LogP contribution in [0.2, 0.25) is 0 Å². The molecule has 0 spiro atoms. The lowest BCUT2D eigenvalue weighted by Crippen LogP contribution is -2.28. The molecule has 0 aliphatic carbocycles. The highest BCUT2D eigenvalue weighted by Gasteiger charge is 2.11. The lowest BCUT2D eigenvalue weighted by Gasteiger charge is -2.21. The van der Waals surface area contributed by atoms with Gasteiger partial charge in [0.25, 0.3) is 0 Å². The summed E-state index contributed by atoms with van der Waals surface area (Å²) in [6.45, 7) is 2.20. The van der Waals surface area contributed by atoms with Gasteiger partial charge < -0.3 is 15.7 Å². The van der Waals surface area contributed by atoms with E-state index in [-0.39, 0.29) is 5.84 Å². The first kappa shape index (κ1) is 13.3. The number of rotatable bonds is 4. The molecule has 5 heteroatoms. The number of benzene rings is 1. The van der Waals surface area contributed by atoms with Gasteiger partial charge in [0.15, 0.2) is 0 Å². The third-order valence-electron chi connectivity index (χ3n) is 2.92. The van der Waals surface area contributed by atoms with Crippen LogP contribution in [0.4, 0.5) is 5.82 Å². The molecule has 2 rings (SSSR count). The van der Waals surface area contributed by atoms with Gasteiger partial charge in [0, 0.05) is 24.5 Å². The zero-order valence-corrected chi connectivity index (χ0v) is 11.1. The van der Waals surface area contributed by atoms with Gasteiger partial charge in [0.05, 0.1) is 11.6 Å². The molecule has 0 aliphatic heterocycles. The van der Waals surface area contributed by atoms with Gasteiger partial charge in [0.2, 0.25) is 0 Å². The number of nitrogens with one attached hydrogen (secondary N) is 1. The molecule has 5 nitrogen and oxygen atoms in total. The first-order valence-electron chi connectivity index (χ1n) is 6.12. The summed E-state index contributed by atoms with van der Waals surface area (Å²) in [6.07, 6.45) is -0.445. The molecule has 1 heterocycles. The van der Waals surface area contributed by atoms with E-state index in [0.717, 1.165) is 10.9 Å². The molecule has 1 aromatic carbocycles.